The summed E-state index contributed by atoms with van der Waals surface area (Å²) in [5.74, 6) is 0.773. The van der Waals surface area contributed by atoms with E-state index < -0.39 is 5.60 Å². The van der Waals surface area contributed by atoms with Gasteiger partial charge in [0.25, 0.3) is 0 Å². The first-order valence-electron chi connectivity index (χ1n) is 9.02. The molecule has 2 bridgehead atoms. The lowest BCUT2D eigenvalue weighted by molar-refractivity contribution is 0.0521. The van der Waals surface area contributed by atoms with Crippen molar-refractivity contribution < 1.29 is 14.2 Å². The lowest BCUT2D eigenvalue weighted by atomic mass is 9.83. The van der Waals surface area contributed by atoms with E-state index in [1.807, 2.05) is 22.7 Å². The van der Waals surface area contributed by atoms with Crippen LogP contribution in [0.5, 0.6) is 5.75 Å². The van der Waals surface area contributed by atoms with Gasteiger partial charge in [-0.2, -0.15) is 0 Å². The highest BCUT2D eigenvalue weighted by Crippen LogP contribution is 2.56. The van der Waals surface area contributed by atoms with Gasteiger partial charge in [-0.25, -0.2) is 4.39 Å². The molecule has 0 radical (unpaired) electrons. The normalized spacial score (nSPS) is 27.3. The molecule has 0 amide bonds. The average Bonchev–Trinajstić information content (AvgIpc) is 3.32. The molecule has 0 atom stereocenters. The van der Waals surface area contributed by atoms with Crippen LogP contribution >= 0.6 is 0 Å². The highest BCUT2D eigenvalue weighted by molar-refractivity contribution is 5.48. The number of aliphatic hydroxyl groups is 1. The lowest BCUT2D eigenvalue weighted by Crippen LogP contribution is -2.23. The van der Waals surface area contributed by atoms with Gasteiger partial charge in [-0.15, -0.1) is 10.2 Å². The Morgan fingerprint density at radius 2 is 1.88 bits per heavy atom. The van der Waals surface area contributed by atoms with Gasteiger partial charge in [0.2, 0.25) is 0 Å². The molecular formula is C20H20FN3O2. The summed E-state index contributed by atoms with van der Waals surface area (Å²) in [6, 6.07) is 10.2. The van der Waals surface area contributed by atoms with Crippen molar-refractivity contribution in [3.8, 4) is 5.75 Å². The predicted molar refractivity (Wildman–Crippen MR) is 93.4 cm³/mol. The zero-order chi connectivity index (χ0) is 17.8. The third kappa shape index (κ3) is 2.32. The molecule has 3 aromatic rings. The predicted octanol–water partition coefficient (Wildman–Crippen LogP) is 3.39. The van der Waals surface area contributed by atoms with Gasteiger partial charge < -0.3 is 9.84 Å². The number of para-hydroxylation sites is 1. The molecule has 1 N–H and O–H groups in total. The Kier molecular flexibility index (Phi) is 3.34. The Morgan fingerprint density at radius 3 is 2.62 bits per heavy atom. The maximum absolute atomic E-state index is 13.8. The van der Waals surface area contributed by atoms with Crippen LogP contribution in [0.4, 0.5) is 4.39 Å². The van der Waals surface area contributed by atoms with Crippen molar-refractivity contribution in [3.05, 3.63) is 59.8 Å². The maximum atomic E-state index is 13.8. The zero-order valence-corrected chi connectivity index (χ0v) is 14.4. The number of ether oxygens (including phenoxy) is 1. The van der Waals surface area contributed by atoms with Crippen molar-refractivity contribution in [2.75, 3.05) is 0 Å². The van der Waals surface area contributed by atoms with E-state index in [-0.39, 0.29) is 23.6 Å². The molecule has 1 aromatic carbocycles. The van der Waals surface area contributed by atoms with Gasteiger partial charge in [-0.05, 0) is 50.3 Å². The van der Waals surface area contributed by atoms with E-state index in [2.05, 4.69) is 10.2 Å². The Bertz CT molecular complexity index is 976. The van der Waals surface area contributed by atoms with Crippen LogP contribution in [0, 0.1) is 5.82 Å². The van der Waals surface area contributed by atoms with Crippen molar-refractivity contribution in [1.82, 2.24) is 14.6 Å². The lowest BCUT2D eigenvalue weighted by Gasteiger charge is -2.24. The fourth-order valence-electron chi connectivity index (χ4n) is 4.64. The summed E-state index contributed by atoms with van der Waals surface area (Å²) in [5.41, 5.74) is 0.976. The summed E-state index contributed by atoms with van der Waals surface area (Å²) in [6.45, 7) is 0.223. The standard InChI is InChI=1S/C20H20FN3O2/c21-15-5-1-2-6-16(15)26-12-14-4-3-11-24-17(14)22-23-18(24)19-7-9-20(25,13-19)10-8-19/h1-6,11,25H,7-10,12-13H2. The molecule has 0 unspecified atom stereocenters. The van der Waals surface area contributed by atoms with Crippen LogP contribution in [0.25, 0.3) is 5.65 Å². The van der Waals surface area contributed by atoms with Crippen LogP contribution in [0.1, 0.15) is 43.5 Å². The number of benzene rings is 1. The van der Waals surface area contributed by atoms with Crippen LogP contribution in [0.15, 0.2) is 42.6 Å². The number of halogens is 1. The van der Waals surface area contributed by atoms with Gasteiger partial charge in [0.15, 0.2) is 17.2 Å². The summed E-state index contributed by atoms with van der Waals surface area (Å²) >= 11 is 0. The van der Waals surface area contributed by atoms with Gasteiger partial charge in [0.05, 0.1) is 5.60 Å². The number of pyridine rings is 1. The number of hydrogen-bond acceptors (Lipinski definition) is 4. The van der Waals surface area contributed by atoms with Crippen LogP contribution in [-0.4, -0.2) is 25.3 Å². The van der Waals surface area contributed by atoms with E-state index in [0.717, 1.165) is 49.1 Å². The molecule has 0 saturated heterocycles. The van der Waals surface area contributed by atoms with Gasteiger partial charge in [0, 0.05) is 17.2 Å². The number of rotatable bonds is 4. The van der Waals surface area contributed by atoms with Crippen molar-refractivity contribution in [2.45, 2.75) is 49.7 Å². The van der Waals surface area contributed by atoms with E-state index in [1.54, 1.807) is 18.2 Å². The molecule has 0 spiro atoms. The molecule has 6 heteroatoms. The fraction of sp³-hybridized carbons (Fsp3) is 0.400. The summed E-state index contributed by atoms with van der Waals surface area (Å²) in [4.78, 5) is 0. The summed E-state index contributed by atoms with van der Waals surface area (Å²) in [6.07, 6.45) is 6.27. The number of hydrogen-bond donors (Lipinski definition) is 1. The Balaban J connectivity index is 1.48. The van der Waals surface area contributed by atoms with E-state index >= 15 is 0 Å². The molecular weight excluding hydrogens is 333 g/mol. The Labute approximate surface area is 150 Å². The monoisotopic (exact) mass is 353 g/mol. The minimum absolute atomic E-state index is 0.0841. The Morgan fingerprint density at radius 1 is 1.08 bits per heavy atom. The average molecular weight is 353 g/mol. The van der Waals surface area contributed by atoms with E-state index in [9.17, 15) is 9.50 Å². The maximum Gasteiger partial charge on any atom is 0.167 e. The molecule has 2 heterocycles. The first-order valence-corrected chi connectivity index (χ1v) is 9.02. The molecule has 134 valence electrons. The second-order valence-electron chi connectivity index (χ2n) is 7.65. The third-order valence-corrected chi connectivity index (χ3v) is 6.02. The highest BCUT2D eigenvalue weighted by Gasteiger charge is 2.56. The smallest absolute Gasteiger partial charge is 0.167 e. The molecule has 5 nitrogen and oxygen atoms in total. The molecule has 2 aromatic heterocycles. The van der Waals surface area contributed by atoms with Crippen LogP contribution < -0.4 is 4.74 Å². The van der Waals surface area contributed by atoms with Crippen molar-refractivity contribution in [1.29, 1.82) is 0 Å². The van der Waals surface area contributed by atoms with E-state index in [0.29, 0.717) is 0 Å². The number of fused-ring (bicyclic) bond motifs is 3. The van der Waals surface area contributed by atoms with Gasteiger partial charge in [0.1, 0.15) is 12.4 Å². The largest absolute Gasteiger partial charge is 0.486 e. The molecule has 2 aliphatic carbocycles. The molecule has 2 fully saturated rings. The van der Waals surface area contributed by atoms with Crippen LogP contribution in [0.3, 0.4) is 0 Å². The third-order valence-electron chi connectivity index (χ3n) is 6.02. The topological polar surface area (TPSA) is 59.7 Å². The number of nitrogens with zero attached hydrogens (tertiary/aromatic N) is 3. The summed E-state index contributed by atoms with van der Waals surface area (Å²) in [7, 11) is 0. The van der Waals surface area contributed by atoms with E-state index in [1.165, 1.54) is 6.07 Å². The van der Waals surface area contributed by atoms with Crippen LogP contribution in [0.2, 0.25) is 0 Å². The van der Waals surface area contributed by atoms with Crippen molar-refractivity contribution >= 4 is 5.65 Å². The first kappa shape index (κ1) is 15.8. The van der Waals surface area contributed by atoms with Gasteiger partial charge >= 0.3 is 0 Å². The molecule has 2 saturated carbocycles. The first-order chi connectivity index (χ1) is 12.6. The minimum Gasteiger partial charge on any atom is -0.486 e. The van der Waals surface area contributed by atoms with Crippen LogP contribution in [-0.2, 0) is 12.0 Å². The molecule has 26 heavy (non-hydrogen) atoms. The minimum atomic E-state index is -0.530. The molecule has 5 rings (SSSR count). The highest BCUT2D eigenvalue weighted by atomic mass is 19.1. The van der Waals surface area contributed by atoms with Crippen molar-refractivity contribution in [3.63, 3.8) is 0 Å². The second-order valence-corrected chi connectivity index (χ2v) is 7.65. The zero-order valence-electron chi connectivity index (χ0n) is 14.4. The second kappa shape index (κ2) is 5.51. The van der Waals surface area contributed by atoms with E-state index in [4.69, 9.17) is 4.74 Å². The van der Waals surface area contributed by atoms with Crippen molar-refractivity contribution in [2.24, 2.45) is 0 Å². The Hall–Kier alpha value is -2.47. The fourth-order valence-corrected chi connectivity index (χ4v) is 4.64. The summed E-state index contributed by atoms with van der Waals surface area (Å²) < 4.78 is 21.4. The SMILES string of the molecule is OC12CCC(c3nnc4c(COc5ccccc5F)cccn34)(CC1)C2. The van der Waals surface area contributed by atoms with Gasteiger partial charge in [-0.3, -0.25) is 4.40 Å². The molecule has 0 aliphatic heterocycles. The molecule has 2 aliphatic rings. The quantitative estimate of drug-likeness (QED) is 0.781. The van der Waals surface area contributed by atoms with Gasteiger partial charge in [-0.1, -0.05) is 18.2 Å². The number of aromatic nitrogens is 3. The summed E-state index contributed by atoms with van der Waals surface area (Å²) in [5, 5.41) is 19.4.